The van der Waals surface area contributed by atoms with Gasteiger partial charge in [0, 0.05) is 6.42 Å². The molecule has 0 aliphatic carbocycles. The fraction of sp³-hybridized carbons (Fsp3) is 0.900. The van der Waals surface area contributed by atoms with Gasteiger partial charge in [0.1, 0.15) is 11.6 Å². The molecule has 0 spiro atoms. The molecule has 0 aromatic heterocycles. The highest BCUT2D eigenvalue weighted by molar-refractivity contribution is 5.76. The number of alkyl halides is 2. The van der Waals surface area contributed by atoms with E-state index in [2.05, 4.69) is 5.32 Å². The first kappa shape index (κ1) is 12.4. The van der Waals surface area contributed by atoms with Crippen LogP contribution in [0.3, 0.4) is 0 Å². The smallest absolute Gasteiger partial charge is 0.323 e. The van der Waals surface area contributed by atoms with Crippen molar-refractivity contribution in [3.63, 3.8) is 0 Å². The maximum atomic E-state index is 12.8. The Morgan fingerprint density at radius 1 is 1.47 bits per heavy atom. The molecule has 3 nitrogen and oxygen atoms in total. The number of hydrogen-bond acceptors (Lipinski definition) is 3. The number of ether oxygens (including phenoxy) is 1. The monoisotopic (exact) mass is 221 g/mol. The van der Waals surface area contributed by atoms with Gasteiger partial charge in [0.25, 0.3) is 5.92 Å². The summed E-state index contributed by atoms with van der Waals surface area (Å²) in [5, 5.41) is 2.51. The van der Waals surface area contributed by atoms with E-state index in [9.17, 15) is 13.6 Å². The normalized spacial score (nSPS) is 26.1. The lowest BCUT2D eigenvalue weighted by Gasteiger charge is -2.30. The molecular weight excluding hydrogens is 204 g/mol. The molecule has 1 N–H and O–H groups in total. The zero-order valence-corrected chi connectivity index (χ0v) is 9.27. The van der Waals surface area contributed by atoms with Gasteiger partial charge in [-0.1, -0.05) is 0 Å². The van der Waals surface area contributed by atoms with Crippen LogP contribution < -0.4 is 5.32 Å². The fourth-order valence-corrected chi connectivity index (χ4v) is 1.39. The van der Waals surface area contributed by atoms with Gasteiger partial charge in [-0.3, -0.25) is 10.1 Å². The van der Waals surface area contributed by atoms with E-state index in [0.717, 1.165) is 0 Å². The standard InChI is InChI=1S/C10H17F2NO2/c1-9(2,3)15-8(14)7-4-5-10(11,12)6-13-7/h7,13H,4-6H2,1-3H3. The minimum Gasteiger partial charge on any atom is -0.459 e. The fourth-order valence-electron chi connectivity index (χ4n) is 1.39. The van der Waals surface area contributed by atoms with Crippen LogP contribution in [-0.2, 0) is 9.53 Å². The van der Waals surface area contributed by atoms with Gasteiger partial charge in [-0.2, -0.15) is 0 Å². The number of carbonyl (C=O) groups is 1. The Balaban J connectivity index is 2.44. The highest BCUT2D eigenvalue weighted by Gasteiger charge is 2.38. The number of halogens is 2. The Hall–Kier alpha value is -0.710. The molecule has 1 fully saturated rings. The highest BCUT2D eigenvalue weighted by atomic mass is 19.3. The van der Waals surface area contributed by atoms with Gasteiger partial charge < -0.3 is 4.74 Å². The summed E-state index contributed by atoms with van der Waals surface area (Å²) >= 11 is 0. The van der Waals surface area contributed by atoms with Crippen molar-refractivity contribution >= 4 is 5.97 Å². The molecule has 0 bridgehead atoms. The second-order valence-corrected chi connectivity index (χ2v) is 4.86. The van der Waals surface area contributed by atoms with E-state index < -0.39 is 30.1 Å². The van der Waals surface area contributed by atoms with Gasteiger partial charge in [-0.25, -0.2) is 8.78 Å². The van der Waals surface area contributed by atoms with Crippen molar-refractivity contribution < 1.29 is 18.3 Å². The van der Waals surface area contributed by atoms with Gasteiger partial charge >= 0.3 is 5.97 Å². The largest absolute Gasteiger partial charge is 0.459 e. The van der Waals surface area contributed by atoms with Crippen LogP contribution in [0.1, 0.15) is 33.6 Å². The molecule has 0 radical (unpaired) electrons. The summed E-state index contributed by atoms with van der Waals surface area (Å²) in [4.78, 5) is 11.5. The molecule has 0 saturated carbocycles. The summed E-state index contributed by atoms with van der Waals surface area (Å²) in [5.74, 6) is -3.14. The summed E-state index contributed by atoms with van der Waals surface area (Å²) in [5.41, 5.74) is -0.571. The van der Waals surface area contributed by atoms with Crippen molar-refractivity contribution in [2.45, 2.75) is 51.2 Å². The highest BCUT2D eigenvalue weighted by Crippen LogP contribution is 2.25. The van der Waals surface area contributed by atoms with E-state index in [1.165, 1.54) is 0 Å². The molecule has 5 heteroatoms. The second-order valence-electron chi connectivity index (χ2n) is 4.86. The van der Waals surface area contributed by atoms with E-state index in [1.54, 1.807) is 20.8 Å². The predicted octanol–water partition coefficient (Wildman–Crippen LogP) is 1.72. The maximum absolute atomic E-state index is 12.8. The molecule has 0 amide bonds. The van der Waals surface area contributed by atoms with Crippen LogP contribution in [0.5, 0.6) is 0 Å². The van der Waals surface area contributed by atoms with Crippen molar-refractivity contribution in [3.8, 4) is 0 Å². The molecule has 1 atom stereocenters. The van der Waals surface area contributed by atoms with Crippen molar-refractivity contribution in [2.75, 3.05) is 6.54 Å². The van der Waals surface area contributed by atoms with Gasteiger partial charge in [0.15, 0.2) is 0 Å². The minimum absolute atomic E-state index is 0.127. The maximum Gasteiger partial charge on any atom is 0.323 e. The first-order chi connectivity index (χ1) is 6.70. The van der Waals surface area contributed by atoms with Crippen molar-refractivity contribution in [3.05, 3.63) is 0 Å². The third-order valence-corrected chi connectivity index (χ3v) is 2.10. The van der Waals surface area contributed by atoms with E-state index >= 15 is 0 Å². The summed E-state index contributed by atoms with van der Waals surface area (Å²) in [6, 6.07) is -0.594. The average Bonchev–Trinajstić information content (AvgIpc) is 2.00. The number of piperidine rings is 1. The van der Waals surface area contributed by atoms with Crippen molar-refractivity contribution in [1.29, 1.82) is 0 Å². The lowest BCUT2D eigenvalue weighted by Crippen LogP contribution is -2.50. The molecular formula is C10H17F2NO2. The van der Waals surface area contributed by atoms with E-state index in [0.29, 0.717) is 0 Å². The van der Waals surface area contributed by atoms with Crippen LogP contribution in [0.15, 0.2) is 0 Å². The molecule has 88 valence electrons. The summed E-state index contributed by atoms with van der Waals surface area (Å²) in [6.07, 6.45) is -0.133. The Morgan fingerprint density at radius 2 is 2.07 bits per heavy atom. The zero-order valence-electron chi connectivity index (χ0n) is 9.27. The quantitative estimate of drug-likeness (QED) is 0.685. The predicted molar refractivity (Wildman–Crippen MR) is 51.8 cm³/mol. The number of esters is 1. The molecule has 0 aromatic carbocycles. The number of hydrogen-bond donors (Lipinski definition) is 1. The van der Waals surface area contributed by atoms with Crippen LogP contribution in [0.25, 0.3) is 0 Å². The Bertz CT molecular complexity index is 238. The van der Waals surface area contributed by atoms with E-state index in [-0.39, 0.29) is 12.8 Å². The van der Waals surface area contributed by atoms with E-state index in [4.69, 9.17) is 4.74 Å². The van der Waals surface area contributed by atoms with Gasteiger partial charge in [0.05, 0.1) is 6.54 Å². The van der Waals surface area contributed by atoms with Gasteiger partial charge in [-0.05, 0) is 27.2 Å². The SMILES string of the molecule is CC(C)(C)OC(=O)C1CCC(F)(F)CN1. The third-order valence-electron chi connectivity index (χ3n) is 2.10. The lowest BCUT2D eigenvalue weighted by molar-refractivity contribution is -0.160. The topological polar surface area (TPSA) is 38.3 Å². The molecule has 1 aliphatic heterocycles. The van der Waals surface area contributed by atoms with Gasteiger partial charge in [-0.15, -0.1) is 0 Å². The van der Waals surface area contributed by atoms with Crippen LogP contribution in [0, 0.1) is 0 Å². The van der Waals surface area contributed by atoms with Crippen molar-refractivity contribution in [2.24, 2.45) is 0 Å². The zero-order chi connectivity index (χ0) is 11.7. The summed E-state index contributed by atoms with van der Waals surface area (Å²) < 4.78 is 30.6. The minimum atomic E-state index is -2.70. The van der Waals surface area contributed by atoms with Crippen LogP contribution in [0.2, 0.25) is 0 Å². The molecule has 1 aliphatic rings. The first-order valence-electron chi connectivity index (χ1n) is 5.04. The number of rotatable bonds is 1. The summed E-state index contributed by atoms with van der Waals surface area (Å²) in [7, 11) is 0. The van der Waals surface area contributed by atoms with E-state index in [1.807, 2.05) is 0 Å². The molecule has 1 saturated heterocycles. The van der Waals surface area contributed by atoms with Gasteiger partial charge in [0.2, 0.25) is 0 Å². The molecule has 15 heavy (non-hydrogen) atoms. The molecule has 1 rings (SSSR count). The molecule has 1 unspecified atom stereocenters. The number of nitrogens with one attached hydrogen (secondary N) is 1. The van der Waals surface area contributed by atoms with Crippen LogP contribution in [0.4, 0.5) is 8.78 Å². The second kappa shape index (κ2) is 4.04. The molecule has 0 aromatic rings. The first-order valence-corrected chi connectivity index (χ1v) is 5.04. The van der Waals surface area contributed by atoms with Crippen LogP contribution in [-0.4, -0.2) is 30.1 Å². The average molecular weight is 221 g/mol. The number of carbonyl (C=O) groups excluding carboxylic acids is 1. The Labute approximate surface area is 88.2 Å². The third kappa shape index (κ3) is 4.11. The molecule has 1 heterocycles. The Kier molecular flexibility index (Phi) is 3.33. The van der Waals surface area contributed by atoms with Crippen LogP contribution >= 0.6 is 0 Å². The van der Waals surface area contributed by atoms with Crippen molar-refractivity contribution in [1.82, 2.24) is 5.32 Å². The Morgan fingerprint density at radius 3 is 2.47 bits per heavy atom. The lowest BCUT2D eigenvalue weighted by atomic mass is 10.0. The summed E-state index contributed by atoms with van der Waals surface area (Å²) in [6.45, 7) is 4.81.